The quantitative estimate of drug-likeness (QED) is 0.849. The Bertz CT molecular complexity index is 737. The molecule has 1 aromatic heterocycles. The lowest BCUT2D eigenvalue weighted by Gasteiger charge is -2.31. The summed E-state index contributed by atoms with van der Waals surface area (Å²) in [6.07, 6.45) is 2.75. The fraction of sp³-hybridized carbons (Fsp3) is 0.450. The Hall–Kier alpha value is -2.21. The van der Waals surface area contributed by atoms with E-state index < -0.39 is 0 Å². The molecule has 2 heterocycles. The van der Waals surface area contributed by atoms with Gasteiger partial charge >= 0.3 is 0 Å². The standard InChI is InChI=1S/C20H25N3O2S/c1-15-18(26-14-22-15)7-10-21-20(25)17-8-11-23(12-9-17)19(24)13-16-5-3-2-4-6-16/h2-6,14,17H,7-13H2,1H3,(H,21,25). The van der Waals surface area contributed by atoms with Gasteiger partial charge in [-0.1, -0.05) is 30.3 Å². The zero-order valence-corrected chi connectivity index (χ0v) is 15.9. The topological polar surface area (TPSA) is 62.3 Å². The van der Waals surface area contributed by atoms with Crippen LogP contribution in [0.4, 0.5) is 0 Å². The molecule has 2 amide bonds. The van der Waals surface area contributed by atoms with Crippen LogP contribution in [0.2, 0.25) is 0 Å². The Kier molecular flexibility index (Phi) is 6.39. The van der Waals surface area contributed by atoms with Crippen molar-refractivity contribution >= 4 is 23.2 Å². The largest absolute Gasteiger partial charge is 0.355 e. The van der Waals surface area contributed by atoms with Crippen LogP contribution in [0.5, 0.6) is 0 Å². The van der Waals surface area contributed by atoms with Crippen LogP contribution in [0, 0.1) is 12.8 Å². The number of hydrogen-bond donors (Lipinski definition) is 1. The number of likely N-dealkylation sites (tertiary alicyclic amines) is 1. The molecule has 6 heteroatoms. The van der Waals surface area contributed by atoms with Crippen LogP contribution in [-0.4, -0.2) is 41.3 Å². The summed E-state index contributed by atoms with van der Waals surface area (Å²) < 4.78 is 0. The number of amides is 2. The van der Waals surface area contributed by atoms with Crippen LogP contribution < -0.4 is 5.32 Å². The maximum Gasteiger partial charge on any atom is 0.226 e. The molecule has 0 spiro atoms. The molecular weight excluding hydrogens is 346 g/mol. The maximum absolute atomic E-state index is 12.4. The van der Waals surface area contributed by atoms with Crippen molar-refractivity contribution < 1.29 is 9.59 Å². The summed E-state index contributed by atoms with van der Waals surface area (Å²) in [6.45, 7) is 3.97. The van der Waals surface area contributed by atoms with Gasteiger partial charge in [0.1, 0.15) is 0 Å². The predicted molar refractivity (Wildman–Crippen MR) is 103 cm³/mol. The third-order valence-corrected chi connectivity index (χ3v) is 5.91. The molecule has 1 aromatic carbocycles. The number of carbonyl (C=O) groups is 2. The summed E-state index contributed by atoms with van der Waals surface area (Å²) in [7, 11) is 0. The highest BCUT2D eigenvalue weighted by Crippen LogP contribution is 2.19. The van der Waals surface area contributed by atoms with Gasteiger partial charge in [0.15, 0.2) is 0 Å². The lowest BCUT2D eigenvalue weighted by Crippen LogP contribution is -2.43. The lowest BCUT2D eigenvalue weighted by molar-refractivity contribution is -0.135. The minimum absolute atomic E-state index is 0.0123. The molecule has 0 aliphatic carbocycles. The molecule has 1 aliphatic heterocycles. The van der Waals surface area contributed by atoms with E-state index in [0.717, 1.165) is 30.5 Å². The van der Waals surface area contributed by atoms with Gasteiger partial charge < -0.3 is 10.2 Å². The van der Waals surface area contributed by atoms with Crippen molar-refractivity contribution in [1.29, 1.82) is 0 Å². The van der Waals surface area contributed by atoms with Crippen molar-refractivity contribution in [2.75, 3.05) is 19.6 Å². The van der Waals surface area contributed by atoms with Gasteiger partial charge in [-0.25, -0.2) is 4.98 Å². The molecule has 5 nitrogen and oxygen atoms in total. The first kappa shape index (κ1) is 18.6. The summed E-state index contributed by atoms with van der Waals surface area (Å²) in [5.41, 5.74) is 3.93. The van der Waals surface area contributed by atoms with Crippen LogP contribution in [0.1, 0.15) is 29.0 Å². The second-order valence-corrected chi connectivity index (χ2v) is 7.66. The van der Waals surface area contributed by atoms with E-state index in [0.29, 0.717) is 26.1 Å². The van der Waals surface area contributed by atoms with E-state index in [1.165, 1.54) is 4.88 Å². The zero-order valence-electron chi connectivity index (χ0n) is 15.1. The Morgan fingerprint density at radius 3 is 2.62 bits per heavy atom. The second-order valence-electron chi connectivity index (χ2n) is 6.72. The number of benzene rings is 1. The zero-order chi connectivity index (χ0) is 18.4. The molecule has 0 atom stereocenters. The number of hydrogen-bond acceptors (Lipinski definition) is 4. The first-order valence-corrected chi connectivity index (χ1v) is 10.00. The maximum atomic E-state index is 12.4. The number of thiazole rings is 1. The SMILES string of the molecule is Cc1ncsc1CCNC(=O)C1CCN(C(=O)Cc2ccccc2)CC1. The van der Waals surface area contributed by atoms with Gasteiger partial charge in [-0.2, -0.15) is 0 Å². The summed E-state index contributed by atoms with van der Waals surface area (Å²) >= 11 is 1.63. The number of carbonyl (C=O) groups excluding carboxylic acids is 2. The van der Waals surface area contributed by atoms with Gasteiger partial charge in [0, 0.05) is 36.9 Å². The highest BCUT2D eigenvalue weighted by Gasteiger charge is 2.27. The molecule has 1 fully saturated rings. The first-order valence-electron chi connectivity index (χ1n) is 9.12. The van der Waals surface area contributed by atoms with Gasteiger partial charge in [0.25, 0.3) is 0 Å². The predicted octanol–water partition coefficient (Wildman–Crippen LogP) is 2.59. The monoisotopic (exact) mass is 371 g/mol. The molecule has 2 aromatic rings. The van der Waals surface area contributed by atoms with E-state index in [2.05, 4.69) is 10.3 Å². The van der Waals surface area contributed by atoms with E-state index in [-0.39, 0.29) is 17.7 Å². The van der Waals surface area contributed by atoms with Crippen LogP contribution in [0.15, 0.2) is 35.8 Å². The first-order chi connectivity index (χ1) is 12.6. The molecule has 138 valence electrons. The molecule has 0 saturated carbocycles. The third-order valence-electron chi connectivity index (χ3n) is 4.91. The van der Waals surface area contributed by atoms with Gasteiger partial charge in [-0.15, -0.1) is 11.3 Å². The average Bonchev–Trinajstić information content (AvgIpc) is 3.07. The summed E-state index contributed by atoms with van der Waals surface area (Å²) in [5.74, 6) is 0.274. The highest BCUT2D eigenvalue weighted by atomic mass is 32.1. The normalized spacial score (nSPS) is 15.0. The number of rotatable bonds is 6. The summed E-state index contributed by atoms with van der Waals surface area (Å²) in [5, 5.41) is 3.04. The molecule has 0 radical (unpaired) electrons. The van der Waals surface area contributed by atoms with E-state index in [9.17, 15) is 9.59 Å². The van der Waals surface area contributed by atoms with Crippen LogP contribution in [0.3, 0.4) is 0 Å². The fourth-order valence-corrected chi connectivity index (χ4v) is 4.06. The Morgan fingerprint density at radius 1 is 1.23 bits per heavy atom. The number of aryl methyl sites for hydroxylation is 1. The molecule has 1 saturated heterocycles. The lowest BCUT2D eigenvalue weighted by atomic mass is 9.95. The molecule has 0 bridgehead atoms. The average molecular weight is 372 g/mol. The Balaban J connectivity index is 1.39. The second kappa shape index (κ2) is 8.94. The van der Waals surface area contributed by atoms with Crippen molar-refractivity contribution in [2.45, 2.75) is 32.6 Å². The van der Waals surface area contributed by atoms with Gasteiger partial charge in [0.2, 0.25) is 11.8 Å². The number of nitrogens with zero attached hydrogens (tertiary/aromatic N) is 2. The number of nitrogens with one attached hydrogen (secondary N) is 1. The van der Waals surface area contributed by atoms with Crippen LogP contribution >= 0.6 is 11.3 Å². The van der Waals surface area contributed by atoms with E-state index in [4.69, 9.17) is 0 Å². The van der Waals surface area contributed by atoms with Gasteiger partial charge in [-0.3, -0.25) is 9.59 Å². The smallest absolute Gasteiger partial charge is 0.226 e. The molecule has 3 rings (SSSR count). The van der Waals surface area contributed by atoms with Crippen LogP contribution in [-0.2, 0) is 22.4 Å². The molecular formula is C20H25N3O2S. The third kappa shape index (κ3) is 4.91. The van der Waals surface area contributed by atoms with Crippen LogP contribution in [0.25, 0.3) is 0 Å². The van der Waals surface area contributed by atoms with Crippen molar-refractivity contribution in [3.63, 3.8) is 0 Å². The van der Waals surface area contributed by atoms with E-state index >= 15 is 0 Å². The van der Waals surface area contributed by atoms with E-state index in [1.54, 1.807) is 11.3 Å². The van der Waals surface area contributed by atoms with Crippen molar-refractivity contribution in [3.05, 3.63) is 52.0 Å². The minimum atomic E-state index is 0.0123. The summed E-state index contributed by atoms with van der Waals surface area (Å²) in [6, 6.07) is 9.81. The molecule has 1 aliphatic rings. The fourth-order valence-electron chi connectivity index (χ4n) is 3.28. The van der Waals surface area contributed by atoms with Crippen molar-refractivity contribution in [3.8, 4) is 0 Å². The molecule has 0 unspecified atom stereocenters. The van der Waals surface area contributed by atoms with E-state index in [1.807, 2.05) is 47.7 Å². The Labute approximate surface area is 158 Å². The molecule has 26 heavy (non-hydrogen) atoms. The number of aromatic nitrogens is 1. The Morgan fingerprint density at radius 2 is 1.96 bits per heavy atom. The number of piperidine rings is 1. The van der Waals surface area contributed by atoms with Crippen molar-refractivity contribution in [2.24, 2.45) is 5.92 Å². The highest BCUT2D eigenvalue weighted by molar-refractivity contribution is 7.09. The van der Waals surface area contributed by atoms with Gasteiger partial charge in [-0.05, 0) is 25.3 Å². The summed E-state index contributed by atoms with van der Waals surface area (Å²) in [4.78, 5) is 32.1. The van der Waals surface area contributed by atoms with Crippen molar-refractivity contribution in [1.82, 2.24) is 15.2 Å². The minimum Gasteiger partial charge on any atom is -0.355 e. The molecule has 1 N–H and O–H groups in total. The van der Waals surface area contributed by atoms with Gasteiger partial charge in [0.05, 0.1) is 17.6 Å².